The average Bonchev–Trinajstić information content (AvgIpc) is 2.43. The largest absolute Gasteiger partial charge is 0.507 e. The minimum Gasteiger partial charge on any atom is -0.507 e. The van der Waals surface area contributed by atoms with Gasteiger partial charge in [-0.3, -0.25) is 4.79 Å². The Morgan fingerprint density at radius 1 is 1.05 bits per heavy atom. The van der Waals surface area contributed by atoms with Gasteiger partial charge in [-0.15, -0.1) is 0 Å². The van der Waals surface area contributed by atoms with Gasteiger partial charge in [0.25, 0.3) is 0 Å². The van der Waals surface area contributed by atoms with Crippen LogP contribution < -0.4 is 0 Å². The fourth-order valence-corrected chi connectivity index (χ4v) is 2.08. The van der Waals surface area contributed by atoms with E-state index in [-0.39, 0.29) is 17.1 Å². The Labute approximate surface area is 127 Å². The number of aromatic hydroxyl groups is 1. The summed E-state index contributed by atoms with van der Waals surface area (Å²) in [5.41, 5.74) is 1.56. The molecule has 0 aromatic heterocycles. The molecule has 2 nitrogen and oxygen atoms in total. The summed E-state index contributed by atoms with van der Waals surface area (Å²) in [4.78, 5) is 12.3. The normalized spacial score (nSPS) is 11.4. The number of carbonyl (C=O) groups is 1. The summed E-state index contributed by atoms with van der Waals surface area (Å²) < 4.78 is 0. The van der Waals surface area contributed by atoms with Gasteiger partial charge in [-0.25, -0.2) is 0 Å². The predicted octanol–water partition coefficient (Wildman–Crippen LogP) is 4.99. The summed E-state index contributed by atoms with van der Waals surface area (Å²) in [5, 5.41) is 10.8. The van der Waals surface area contributed by atoms with Crippen molar-refractivity contribution in [3.63, 3.8) is 0 Å². The van der Waals surface area contributed by atoms with Gasteiger partial charge in [-0.2, -0.15) is 0 Å². The number of halogens is 2. The first-order chi connectivity index (χ1) is 9.47. The van der Waals surface area contributed by atoms with Crippen molar-refractivity contribution < 1.29 is 9.90 Å². The standard InChI is InChI=1S/C16H12Cl2O2/c1-10(8-11-2-4-12(17)5-3-11)16(20)14-9-13(18)6-7-15(14)19/h2-9,19H,1H3/b10-8+. The van der Waals surface area contributed by atoms with Crippen molar-refractivity contribution in [1.82, 2.24) is 0 Å². The molecule has 2 aromatic rings. The number of carbonyl (C=O) groups excluding carboxylic acids is 1. The molecule has 0 aliphatic heterocycles. The molecule has 4 heteroatoms. The third-order valence-electron chi connectivity index (χ3n) is 2.81. The lowest BCUT2D eigenvalue weighted by Crippen LogP contribution is -2.01. The highest BCUT2D eigenvalue weighted by atomic mass is 35.5. The number of Topliss-reactive ketones (excluding diaryl/α,β-unsaturated/α-hetero) is 1. The number of phenols is 1. The van der Waals surface area contributed by atoms with Crippen molar-refractivity contribution in [2.45, 2.75) is 6.92 Å². The molecule has 2 aromatic carbocycles. The minimum absolute atomic E-state index is 0.0803. The highest BCUT2D eigenvalue weighted by Gasteiger charge is 2.13. The molecule has 0 amide bonds. The van der Waals surface area contributed by atoms with E-state index in [0.29, 0.717) is 15.6 Å². The number of phenolic OH excluding ortho intramolecular Hbond substituents is 1. The van der Waals surface area contributed by atoms with Gasteiger partial charge in [0.2, 0.25) is 0 Å². The van der Waals surface area contributed by atoms with Crippen LogP contribution >= 0.6 is 23.2 Å². The average molecular weight is 307 g/mol. The molecule has 0 aliphatic carbocycles. The molecule has 0 aliphatic rings. The fourth-order valence-electron chi connectivity index (χ4n) is 1.78. The number of hydrogen-bond donors (Lipinski definition) is 1. The van der Waals surface area contributed by atoms with E-state index in [4.69, 9.17) is 23.2 Å². The van der Waals surface area contributed by atoms with Crippen molar-refractivity contribution in [2.75, 3.05) is 0 Å². The van der Waals surface area contributed by atoms with Crippen LogP contribution in [0.5, 0.6) is 5.75 Å². The summed E-state index contributed by atoms with van der Waals surface area (Å²) in [6, 6.07) is 11.5. The van der Waals surface area contributed by atoms with Crippen LogP contribution in [-0.2, 0) is 0 Å². The molecule has 0 saturated carbocycles. The topological polar surface area (TPSA) is 37.3 Å². The first-order valence-corrected chi connectivity index (χ1v) is 6.70. The zero-order valence-corrected chi connectivity index (χ0v) is 12.2. The van der Waals surface area contributed by atoms with Crippen molar-refractivity contribution in [3.05, 3.63) is 69.2 Å². The van der Waals surface area contributed by atoms with Crippen LogP contribution in [0, 0.1) is 0 Å². The molecular formula is C16H12Cl2O2. The quantitative estimate of drug-likeness (QED) is 0.641. The van der Waals surface area contributed by atoms with Crippen LogP contribution in [0.15, 0.2) is 48.0 Å². The van der Waals surface area contributed by atoms with Crippen molar-refractivity contribution in [2.24, 2.45) is 0 Å². The Hall–Kier alpha value is -1.77. The lowest BCUT2D eigenvalue weighted by Gasteiger charge is -2.05. The van der Waals surface area contributed by atoms with E-state index in [0.717, 1.165) is 5.56 Å². The number of rotatable bonds is 3. The Bertz CT molecular complexity index is 673. The summed E-state index contributed by atoms with van der Waals surface area (Å²) in [6.45, 7) is 1.69. The van der Waals surface area contributed by atoms with Gasteiger partial charge < -0.3 is 5.11 Å². The summed E-state index contributed by atoms with van der Waals surface area (Å²) in [7, 11) is 0. The SMILES string of the molecule is C/C(=C\c1ccc(Cl)cc1)C(=O)c1cc(Cl)ccc1O. The predicted molar refractivity (Wildman–Crippen MR) is 82.6 cm³/mol. The molecule has 102 valence electrons. The Morgan fingerprint density at radius 2 is 1.65 bits per heavy atom. The molecule has 0 atom stereocenters. The van der Waals surface area contributed by atoms with E-state index < -0.39 is 0 Å². The lowest BCUT2D eigenvalue weighted by molar-refractivity contribution is 0.103. The smallest absolute Gasteiger partial charge is 0.192 e. The second kappa shape index (κ2) is 6.12. The fraction of sp³-hybridized carbons (Fsp3) is 0.0625. The van der Waals surface area contributed by atoms with Gasteiger partial charge >= 0.3 is 0 Å². The molecule has 20 heavy (non-hydrogen) atoms. The minimum atomic E-state index is -0.264. The maximum Gasteiger partial charge on any atom is 0.192 e. The number of allylic oxidation sites excluding steroid dienone is 1. The first-order valence-electron chi connectivity index (χ1n) is 5.94. The molecule has 0 saturated heterocycles. The third kappa shape index (κ3) is 3.41. The zero-order chi connectivity index (χ0) is 14.7. The lowest BCUT2D eigenvalue weighted by atomic mass is 10.0. The summed E-state index contributed by atoms with van der Waals surface area (Å²) >= 11 is 11.7. The second-order valence-electron chi connectivity index (χ2n) is 4.37. The molecule has 0 unspecified atom stereocenters. The van der Waals surface area contributed by atoms with Crippen molar-refractivity contribution in [3.8, 4) is 5.75 Å². The second-order valence-corrected chi connectivity index (χ2v) is 5.24. The Balaban J connectivity index is 2.32. The Morgan fingerprint density at radius 3 is 2.30 bits per heavy atom. The first kappa shape index (κ1) is 14.6. The molecule has 0 spiro atoms. The van der Waals surface area contributed by atoms with Gasteiger partial charge in [-0.05, 0) is 54.5 Å². The van der Waals surface area contributed by atoms with Crippen LogP contribution in [0.25, 0.3) is 6.08 Å². The van der Waals surface area contributed by atoms with Crippen LogP contribution in [-0.4, -0.2) is 10.9 Å². The maximum atomic E-state index is 12.3. The van der Waals surface area contributed by atoms with E-state index in [1.165, 1.54) is 18.2 Å². The van der Waals surface area contributed by atoms with Crippen LogP contribution in [0.4, 0.5) is 0 Å². The van der Waals surface area contributed by atoms with Gasteiger partial charge in [-0.1, -0.05) is 35.3 Å². The monoisotopic (exact) mass is 306 g/mol. The van der Waals surface area contributed by atoms with Gasteiger partial charge in [0.05, 0.1) is 5.56 Å². The van der Waals surface area contributed by atoms with Crippen molar-refractivity contribution >= 4 is 35.1 Å². The third-order valence-corrected chi connectivity index (χ3v) is 3.30. The van der Waals surface area contributed by atoms with E-state index in [9.17, 15) is 9.90 Å². The Kier molecular flexibility index (Phi) is 4.48. The van der Waals surface area contributed by atoms with E-state index in [1.807, 2.05) is 12.1 Å². The van der Waals surface area contributed by atoms with Gasteiger partial charge in [0.1, 0.15) is 5.75 Å². The summed E-state index contributed by atoms with van der Waals surface area (Å²) in [6.07, 6.45) is 1.74. The molecule has 0 radical (unpaired) electrons. The van der Waals surface area contributed by atoms with Crippen LogP contribution in [0.2, 0.25) is 10.0 Å². The molecule has 1 N–H and O–H groups in total. The van der Waals surface area contributed by atoms with E-state index in [2.05, 4.69) is 0 Å². The number of hydrogen-bond acceptors (Lipinski definition) is 2. The molecular weight excluding hydrogens is 295 g/mol. The van der Waals surface area contributed by atoms with Crippen LogP contribution in [0.1, 0.15) is 22.8 Å². The molecule has 0 bridgehead atoms. The number of ketones is 1. The van der Waals surface area contributed by atoms with E-state index in [1.54, 1.807) is 25.1 Å². The van der Waals surface area contributed by atoms with Crippen molar-refractivity contribution in [1.29, 1.82) is 0 Å². The zero-order valence-electron chi connectivity index (χ0n) is 10.7. The number of benzene rings is 2. The molecule has 0 heterocycles. The molecule has 2 rings (SSSR count). The van der Waals surface area contributed by atoms with E-state index >= 15 is 0 Å². The maximum absolute atomic E-state index is 12.3. The highest BCUT2D eigenvalue weighted by Crippen LogP contribution is 2.24. The van der Waals surface area contributed by atoms with Gasteiger partial charge in [0.15, 0.2) is 5.78 Å². The van der Waals surface area contributed by atoms with Crippen LogP contribution in [0.3, 0.4) is 0 Å². The highest BCUT2D eigenvalue weighted by molar-refractivity contribution is 6.31. The molecule has 0 fully saturated rings. The van der Waals surface area contributed by atoms with Gasteiger partial charge in [0, 0.05) is 10.0 Å². The summed E-state index contributed by atoms with van der Waals surface area (Å²) in [5.74, 6) is -0.344.